The molecule has 0 radical (unpaired) electrons. The summed E-state index contributed by atoms with van der Waals surface area (Å²) >= 11 is 6.08. The number of amides is 1. The molecule has 0 aliphatic rings. The summed E-state index contributed by atoms with van der Waals surface area (Å²) in [5.41, 5.74) is 2.87. The third kappa shape index (κ3) is 4.44. The lowest BCUT2D eigenvalue weighted by atomic mass is 10.1. The van der Waals surface area contributed by atoms with Crippen LogP contribution in [-0.4, -0.2) is 22.1 Å². The highest BCUT2D eigenvalue weighted by atomic mass is 35.5. The van der Waals surface area contributed by atoms with E-state index in [1.165, 1.54) is 4.57 Å². The van der Waals surface area contributed by atoms with Gasteiger partial charge < -0.3 is 10.1 Å². The molecule has 7 heteroatoms. The molecular formula is C24H20ClN3O3. The van der Waals surface area contributed by atoms with Gasteiger partial charge in [-0.1, -0.05) is 29.8 Å². The number of hydrogen-bond donors (Lipinski definition) is 1. The summed E-state index contributed by atoms with van der Waals surface area (Å²) in [6.45, 7) is 1.75. The maximum atomic E-state index is 12.6. The van der Waals surface area contributed by atoms with Gasteiger partial charge in [-0.3, -0.25) is 14.2 Å². The topological polar surface area (TPSA) is 73.2 Å². The van der Waals surface area contributed by atoms with E-state index in [0.717, 1.165) is 11.1 Å². The second-order valence-corrected chi connectivity index (χ2v) is 7.55. The number of halogens is 1. The van der Waals surface area contributed by atoms with Gasteiger partial charge in [-0.25, -0.2) is 4.98 Å². The van der Waals surface area contributed by atoms with Crippen LogP contribution < -0.4 is 15.6 Å². The number of hydrogen-bond acceptors (Lipinski definition) is 4. The molecule has 0 saturated heterocycles. The van der Waals surface area contributed by atoms with Crippen molar-refractivity contribution in [2.75, 3.05) is 11.9 Å². The summed E-state index contributed by atoms with van der Waals surface area (Å²) in [7, 11) is 1.70. The number of anilines is 1. The molecule has 1 heterocycles. The maximum Gasteiger partial charge on any atom is 0.262 e. The number of carbonyl (C=O) groups excluding carboxylic acids is 1. The molecule has 1 amide bonds. The van der Waals surface area contributed by atoms with E-state index in [4.69, 9.17) is 16.3 Å². The van der Waals surface area contributed by atoms with Crippen LogP contribution in [0.4, 0.5) is 5.69 Å². The molecule has 4 aromatic rings. The van der Waals surface area contributed by atoms with Crippen LogP contribution in [0.5, 0.6) is 5.75 Å². The number of aryl methyl sites for hydroxylation is 1. The molecular weight excluding hydrogens is 414 g/mol. The average molecular weight is 434 g/mol. The number of ether oxygens (including phenoxy) is 1. The molecule has 0 fully saturated rings. The molecule has 31 heavy (non-hydrogen) atoms. The number of rotatable bonds is 5. The van der Waals surface area contributed by atoms with Crippen LogP contribution >= 0.6 is 11.6 Å². The van der Waals surface area contributed by atoms with E-state index >= 15 is 0 Å². The van der Waals surface area contributed by atoms with Gasteiger partial charge in [0, 0.05) is 23.3 Å². The van der Waals surface area contributed by atoms with E-state index in [0.29, 0.717) is 33.2 Å². The summed E-state index contributed by atoms with van der Waals surface area (Å²) in [6.07, 6.45) is 0. The minimum absolute atomic E-state index is 0.103. The summed E-state index contributed by atoms with van der Waals surface area (Å²) in [5.74, 6) is 0.804. The zero-order valence-electron chi connectivity index (χ0n) is 17.1. The van der Waals surface area contributed by atoms with Gasteiger partial charge in [0.2, 0.25) is 0 Å². The van der Waals surface area contributed by atoms with Crippen LogP contribution in [0.3, 0.4) is 0 Å². The predicted octanol–water partition coefficient (Wildman–Crippen LogP) is 4.58. The Bertz CT molecular complexity index is 1330. The molecule has 0 aliphatic heterocycles. The highest BCUT2D eigenvalue weighted by Crippen LogP contribution is 2.22. The van der Waals surface area contributed by atoms with E-state index in [9.17, 15) is 9.59 Å². The fourth-order valence-corrected chi connectivity index (χ4v) is 3.37. The van der Waals surface area contributed by atoms with Crippen LogP contribution in [0.25, 0.3) is 22.3 Å². The summed E-state index contributed by atoms with van der Waals surface area (Å²) < 4.78 is 7.10. The lowest BCUT2D eigenvalue weighted by Crippen LogP contribution is -2.20. The molecule has 0 bridgehead atoms. The number of nitrogens with one attached hydrogen (secondary N) is 1. The fraction of sp³-hybridized carbons (Fsp3) is 0.125. The van der Waals surface area contributed by atoms with Gasteiger partial charge in [0.15, 0.2) is 6.61 Å². The largest absolute Gasteiger partial charge is 0.484 e. The zero-order chi connectivity index (χ0) is 22.0. The number of para-hydroxylation sites is 1. The van der Waals surface area contributed by atoms with Crippen molar-refractivity contribution >= 4 is 34.1 Å². The van der Waals surface area contributed by atoms with Crippen LogP contribution in [0.1, 0.15) is 5.56 Å². The smallest absolute Gasteiger partial charge is 0.262 e. The number of fused-ring (bicyclic) bond motifs is 1. The molecule has 0 saturated carbocycles. The van der Waals surface area contributed by atoms with Crippen molar-refractivity contribution in [3.8, 4) is 17.1 Å². The van der Waals surface area contributed by atoms with E-state index in [2.05, 4.69) is 10.3 Å². The monoisotopic (exact) mass is 433 g/mol. The Labute approximate surface area is 184 Å². The van der Waals surface area contributed by atoms with Crippen molar-refractivity contribution in [3.05, 3.63) is 87.7 Å². The van der Waals surface area contributed by atoms with Crippen LogP contribution in [0.15, 0.2) is 71.5 Å². The standard InChI is InChI=1S/C24H20ClN3O3/c1-15-7-10-17(13-20(15)25)26-22(29)14-31-18-11-8-16(9-12-18)23-27-21-6-4-3-5-19(21)24(30)28(23)2/h3-13H,14H2,1-2H3,(H,26,29). The van der Waals surface area contributed by atoms with E-state index in [-0.39, 0.29) is 18.1 Å². The second kappa shape index (κ2) is 8.62. The molecule has 0 aliphatic carbocycles. The molecule has 3 aromatic carbocycles. The molecule has 4 rings (SSSR count). The van der Waals surface area contributed by atoms with Gasteiger partial charge in [-0.05, 0) is 61.0 Å². The summed E-state index contributed by atoms with van der Waals surface area (Å²) in [5, 5.41) is 3.92. The molecule has 0 atom stereocenters. The Morgan fingerprint density at radius 1 is 1.10 bits per heavy atom. The van der Waals surface area contributed by atoms with Gasteiger partial charge in [0.25, 0.3) is 11.5 Å². The van der Waals surface area contributed by atoms with Crippen LogP contribution in [0, 0.1) is 6.92 Å². The first-order valence-corrected chi connectivity index (χ1v) is 10.0. The maximum absolute atomic E-state index is 12.6. The van der Waals surface area contributed by atoms with E-state index < -0.39 is 0 Å². The lowest BCUT2D eigenvalue weighted by Gasteiger charge is -2.11. The Hall–Kier alpha value is -3.64. The first-order chi connectivity index (χ1) is 14.9. The molecule has 1 aromatic heterocycles. The molecule has 156 valence electrons. The Morgan fingerprint density at radius 2 is 1.84 bits per heavy atom. The average Bonchev–Trinajstić information content (AvgIpc) is 2.78. The van der Waals surface area contributed by atoms with Crippen molar-refractivity contribution in [2.24, 2.45) is 7.05 Å². The van der Waals surface area contributed by atoms with Crippen molar-refractivity contribution in [3.63, 3.8) is 0 Å². The number of nitrogens with zero attached hydrogens (tertiary/aromatic N) is 2. The van der Waals surface area contributed by atoms with Crippen LogP contribution in [0.2, 0.25) is 5.02 Å². The highest BCUT2D eigenvalue weighted by Gasteiger charge is 2.10. The minimum Gasteiger partial charge on any atom is -0.484 e. The predicted molar refractivity (Wildman–Crippen MR) is 123 cm³/mol. The van der Waals surface area contributed by atoms with Gasteiger partial charge >= 0.3 is 0 Å². The molecule has 0 unspecified atom stereocenters. The van der Waals surface area contributed by atoms with Gasteiger partial charge in [0.1, 0.15) is 11.6 Å². The number of benzene rings is 3. The van der Waals surface area contributed by atoms with Crippen molar-refractivity contribution in [1.82, 2.24) is 9.55 Å². The van der Waals surface area contributed by atoms with Crippen molar-refractivity contribution < 1.29 is 9.53 Å². The lowest BCUT2D eigenvalue weighted by molar-refractivity contribution is -0.118. The molecule has 1 N–H and O–H groups in total. The second-order valence-electron chi connectivity index (χ2n) is 7.14. The summed E-state index contributed by atoms with van der Waals surface area (Å²) in [4.78, 5) is 29.4. The number of carbonyl (C=O) groups is 1. The Morgan fingerprint density at radius 3 is 2.58 bits per heavy atom. The number of aromatic nitrogens is 2. The first kappa shape index (κ1) is 20.6. The third-order valence-corrected chi connectivity index (χ3v) is 5.33. The fourth-order valence-electron chi connectivity index (χ4n) is 3.19. The SMILES string of the molecule is Cc1ccc(NC(=O)COc2ccc(-c3nc4ccccc4c(=O)n3C)cc2)cc1Cl. The highest BCUT2D eigenvalue weighted by molar-refractivity contribution is 6.31. The zero-order valence-corrected chi connectivity index (χ0v) is 17.8. The van der Waals surface area contributed by atoms with E-state index in [1.807, 2.05) is 43.3 Å². The van der Waals surface area contributed by atoms with Crippen molar-refractivity contribution in [1.29, 1.82) is 0 Å². The van der Waals surface area contributed by atoms with Crippen LogP contribution in [-0.2, 0) is 11.8 Å². The summed E-state index contributed by atoms with van der Waals surface area (Å²) in [6, 6.07) is 19.7. The quantitative estimate of drug-likeness (QED) is 0.500. The molecule has 6 nitrogen and oxygen atoms in total. The Kier molecular flexibility index (Phi) is 5.73. The van der Waals surface area contributed by atoms with Gasteiger partial charge in [-0.2, -0.15) is 0 Å². The first-order valence-electron chi connectivity index (χ1n) is 9.67. The minimum atomic E-state index is -0.289. The Balaban J connectivity index is 1.46. The normalized spacial score (nSPS) is 10.8. The molecule has 0 spiro atoms. The third-order valence-electron chi connectivity index (χ3n) is 4.92. The van der Waals surface area contributed by atoms with Gasteiger partial charge in [-0.15, -0.1) is 0 Å². The van der Waals surface area contributed by atoms with Crippen molar-refractivity contribution in [2.45, 2.75) is 6.92 Å². The van der Waals surface area contributed by atoms with Gasteiger partial charge in [0.05, 0.1) is 10.9 Å². The van der Waals surface area contributed by atoms with E-state index in [1.54, 1.807) is 37.4 Å².